The van der Waals surface area contributed by atoms with Gasteiger partial charge < -0.3 is 37.0 Å². The summed E-state index contributed by atoms with van der Waals surface area (Å²) in [5, 5.41) is 35.0. The smallest absolute Gasteiger partial charge is 0.326 e. The van der Waals surface area contributed by atoms with Crippen molar-refractivity contribution in [3.63, 3.8) is 0 Å². The first kappa shape index (κ1) is 30.3. The first-order valence-corrected chi connectivity index (χ1v) is 11.1. The highest BCUT2D eigenvalue weighted by Gasteiger charge is 2.34. The lowest BCUT2D eigenvalue weighted by molar-refractivity contribution is -0.144. The fraction of sp³-hybridized carbons (Fsp3) is 0.762. The maximum absolute atomic E-state index is 13.0. The lowest BCUT2D eigenvalue weighted by atomic mass is 9.94. The minimum absolute atomic E-state index is 0.319. The summed E-state index contributed by atoms with van der Waals surface area (Å²) in [5.41, 5.74) is 5.65. The number of carboxylic acids is 2. The molecular weight excluding hydrogens is 436 g/mol. The highest BCUT2D eigenvalue weighted by Crippen LogP contribution is 2.13. The molecule has 7 unspecified atom stereocenters. The Bertz CT molecular complexity index is 700. The summed E-state index contributed by atoms with van der Waals surface area (Å²) in [4.78, 5) is 60.4. The summed E-state index contributed by atoms with van der Waals surface area (Å²) < 4.78 is 0. The van der Waals surface area contributed by atoms with Crippen molar-refractivity contribution >= 4 is 29.7 Å². The van der Waals surface area contributed by atoms with E-state index in [4.69, 9.17) is 10.8 Å². The van der Waals surface area contributed by atoms with Crippen LogP contribution in [0.15, 0.2) is 0 Å². The summed E-state index contributed by atoms with van der Waals surface area (Å²) >= 11 is 0. The second-order valence-corrected chi connectivity index (χ2v) is 8.34. The molecule has 0 saturated heterocycles. The molecule has 0 spiro atoms. The van der Waals surface area contributed by atoms with E-state index < -0.39 is 72.3 Å². The molecule has 3 amide bonds. The first-order valence-electron chi connectivity index (χ1n) is 11.1. The monoisotopic (exact) mass is 474 g/mol. The maximum Gasteiger partial charge on any atom is 0.326 e. The molecule has 0 aliphatic heterocycles. The van der Waals surface area contributed by atoms with E-state index in [0.717, 1.165) is 0 Å². The molecule has 0 saturated carbocycles. The van der Waals surface area contributed by atoms with Crippen LogP contribution in [0.3, 0.4) is 0 Å². The third kappa shape index (κ3) is 10.2. The summed E-state index contributed by atoms with van der Waals surface area (Å²) in [6, 6.07) is -4.85. The quantitative estimate of drug-likeness (QED) is 0.158. The highest BCUT2D eigenvalue weighted by molar-refractivity contribution is 5.94. The molecule has 0 aromatic carbocycles. The predicted molar refractivity (Wildman–Crippen MR) is 119 cm³/mol. The highest BCUT2D eigenvalue weighted by atomic mass is 16.4. The van der Waals surface area contributed by atoms with Crippen LogP contribution in [0.4, 0.5) is 0 Å². The molecule has 0 fully saturated rings. The minimum atomic E-state index is -1.44. The van der Waals surface area contributed by atoms with E-state index in [2.05, 4.69) is 16.0 Å². The van der Waals surface area contributed by atoms with E-state index in [1.165, 1.54) is 6.92 Å². The number of aliphatic hydroxyl groups excluding tert-OH is 1. The van der Waals surface area contributed by atoms with Gasteiger partial charge in [-0.3, -0.25) is 19.2 Å². The van der Waals surface area contributed by atoms with Gasteiger partial charge in [0, 0.05) is 6.42 Å². The maximum atomic E-state index is 13.0. The summed E-state index contributed by atoms with van der Waals surface area (Å²) in [6.45, 7) is 8.35. The summed E-state index contributed by atoms with van der Waals surface area (Å²) in [6.07, 6.45) is -0.927. The van der Waals surface area contributed by atoms with E-state index >= 15 is 0 Å². The van der Waals surface area contributed by atoms with E-state index in [1.54, 1.807) is 20.8 Å². The van der Waals surface area contributed by atoms with E-state index in [0.29, 0.717) is 12.8 Å². The van der Waals surface area contributed by atoms with Crippen molar-refractivity contribution in [2.75, 3.05) is 0 Å². The fourth-order valence-corrected chi connectivity index (χ4v) is 2.90. The van der Waals surface area contributed by atoms with Gasteiger partial charge in [-0.1, -0.05) is 40.5 Å². The lowest BCUT2D eigenvalue weighted by Gasteiger charge is -2.30. The third-order valence-corrected chi connectivity index (χ3v) is 5.67. The van der Waals surface area contributed by atoms with Crippen LogP contribution < -0.4 is 21.7 Å². The molecule has 0 aromatic heterocycles. The first-order chi connectivity index (χ1) is 15.3. The number of carbonyl (C=O) groups is 5. The Balaban J connectivity index is 5.62. The van der Waals surface area contributed by atoms with Gasteiger partial charge in [0.05, 0.1) is 6.10 Å². The van der Waals surface area contributed by atoms with Crippen molar-refractivity contribution < 1.29 is 39.3 Å². The molecule has 12 nitrogen and oxygen atoms in total. The van der Waals surface area contributed by atoms with Crippen molar-refractivity contribution in [3.05, 3.63) is 0 Å². The average Bonchev–Trinajstić information content (AvgIpc) is 2.75. The number of carbonyl (C=O) groups excluding carboxylic acids is 3. The largest absolute Gasteiger partial charge is 0.481 e. The Morgan fingerprint density at radius 3 is 1.58 bits per heavy atom. The number of nitrogens with two attached hydrogens (primary N) is 1. The standard InChI is InChI=1S/C21H38N4O8/c1-6-10(3)16(19(30)23-13(21(32)33)8-9-14(27)28)25-20(31)17(11(4)7-2)24-18(29)15(22)12(5)26/h10-13,15-17,26H,6-9,22H2,1-5H3,(H,23,30)(H,24,29)(H,25,31)(H,27,28)(H,32,33). The van der Waals surface area contributed by atoms with Crippen molar-refractivity contribution in [1.29, 1.82) is 0 Å². The molecule has 0 rings (SSSR count). The van der Waals surface area contributed by atoms with Gasteiger partial charge in [-0.2, -0.15) is 0 Å². The Morgan fingerprint density at radius 1 is 0.788 bits per heavy atom. The zero-order chi connectivity index (χ0) is 25.9. The average molecular weight is 475 g/mol. The molecule has 12 heteroatoms. The van der Waals surface area contributed by atoms with Gasteiger partial charge in [0.25, 0.3) is 0 Å². The SMILES string of the molecule is CCC(C)C(NC(=O)C(N)C(C)O)C(=O)NC(C(=O)NC(CCC(=O)O)C(=O)O)C(C)CC. The number of hydrogen-bond acceptors (Lipinski definition) is 7. The molecule has 8 N–H and O–H groups in total. The number of carboxylic acid groups (broad SMARTS) is 2. The minimum Gasteiger partial charge on any atom is -0.481 e. The molecule has 0 heterocycles. The van der Waals surface area contributed by atoms with Gasteiger partial charge in [0.1, 0.15) is 24.2 Å². The Labute approximate surface area is 193 Å². The van der Waals surface area contributed by atoms with Crippen LogP contribution in [0.2, 0.25) is 0 Å². The van der Waals surface area contributed by atoms with Gasteiger partial charge in [-0.15, -0.1) is 0 Å². The zero-order valence-electron chi connectivity index (χ0n) is 19.8. The van der Waals surface area contributed by atoms with Gasteiger partial charge in [0.15, 0.2) is 0 Å². The fourth-order valence-electron chi connectivity index (χ4n) is 2.90. The van der Waals surface area contributed by atoms with Gasteiger partial charge in [0.2, 0.25) is 17.7 Å². The Hall–Kier alpha value is -2.73. The molecule has 0 bridgehead atoms. The second-order valence-electron chi connectivity index (χ2n) is 8.34. The second kappa shape index (κ2) is 14.4. The molecule has 7 atom stereocenters. The van der Waals surface area contributed by atoms with Crippen molar-refractivity contribution in [2.24, 2.45) is 17.6 Å². The molecular formula is C21H38N4O8. The van der Waals surface area contributed by atoms with Crippen LogP contribution in [0.5, 0.6) is 0 Å². The lowest BCUT2D eigenvalue weighted by Crippen LogP contribution is -2.60. The number of aliphatic hydroxyl groups is 1. The number of amides is 3. The third-order valence-electron chi connectivity index (χ3n) is 5.67. The molecule has 0 aliphatic rings. The number of nitrogens with one attached hydrogen (secondary N) is 3. The van der Waals surface area contributed by atoms with E-state index in [1.807, 2.05) is 6.92 Å². The Kier molecular flexibility index (Phi) is 13.2. The van der Waals surface area contributed by atoms with Gasteiger partial charge in [-0.05, 0) is 25.2 Å². The molecule has 0 aromatic rings. The predicted octanol–water partition coefficient (Wildman–Crippen LogP) is -0.809. The number of hydrogen-bond donors (Lipinski definition) is 7. The molecule has 33 heavy (non-hydrogen) atoms. The van der Waals surface area contributed by atoms with Crippen molar-refractivity contribution in [1.82, 2.24) is 16.0 Å². The topological polar surface area (TPSA) is 208 Å². The normalized spacial score (nSPS) is 17.4. The van der Waals surface area contributed by atoms with Crippen LogP contribution in [-0.4, -0.2) is 75.3 Å². The molecule has 0 aliphatic carbocycles. The van der Waals surface area contributed by atoms with Crippen molar-refractivity contribution in [2.45, 2.75) is 90.6 Å². The Morgan fingerprint density at radius 2 is 1.21 bits per heavy atom. The number of rotatable bonds is 15. The van der Waals surface area contributed by atoms with Crippen LogP contribution in [0.1, 0.15) is 60.3 Å². The molecule has 0 radical (unpaired) electrons. The zero-order valence-corrected chi connectivity index (χ0v) is 19.8. The summed E-state index contributed by atoms with van der Waals surface area (Å²) in [7, 11) is 0. The summed E-state index contributed by atoms with van der Waals surface area (Å²) in [5.74, 6) is -5.48. The van der Waals surface area contributed by atoms with E-state index in [9.17, 15) is 34.2 Å². The van der Waals surface area contributed by atoms with Gasteiger partial charge in [-0.25, -0.2) is 4.79 Å². The van der Waals surface area contributed by atoms with Crippen LogP contribution in [0, 0.1) is 11.8 Å². The molecule has 190 valence electrons. The van der Waals surface area contributed by atoms with Crippen molar-refractivity contribution in [3.8, 4) is 0 Å². The van der Waals surface area contributed by atoms with Crippen LogP contribution in [-0.2, 0) is 24.0 Å². The van der Waals surface area contributed by atoms with E-state index in [-0.39, 0.29) is 12.3 Å². The van der Waals surface area contributed by atoms with Gasteiger partial charge >= 0.3 is 11.9 Å². The number of aliphatic carboxylic acids is 2. The van der Waals surface area contributed by atoms with Crippen LogP contribution >= 0.6 is 0 Å². The van der Waals surface area contributed by atoms with Crippen LogP contribution in [0.25, 0.3) is 0 Å².